The molecule has 2 heterocycles. The summed E-state index contributed by atoms with van der Waals surface area (Å²) in [6, 6.07) is 19.8. The number of fused-ring (bicyclic) bond motifs is 1. The van der Waals surface area contributed by atoms with E-state index in [1.54, 1.807) is 24.1 Å². The highest BCUT2D eigenvalue weighted by Gasteiger charge is 2.28. The Morgan fingerprint density at radius 2 is 1.62 bits per heavy atom. The van der Waals surface area contributed by atoms with Crippen molar-refractivity contribution >= 4 is 28.4 Å². The van der Waals surface area contributed by atoms with Crippen molar-refractivity contribution in [1.29, 1.82) is 0 Å². The average Bonchev–Trinajstić information content (AvgIpc) is 2.92. The number of carbonyl (C=O) groups is 2. The molecule has 3 amide bonds. The van der Waals surface area contributed by atoms with Gasteiger partial charge in [0, 0.05) is 43.4 Å². The van der Waals surface area contributed by atoms with Crippen LogP contribution < -0.4 is 5.32 Å². The molecule has 6 nitrogen and oxygen atoms in total. The van der Waals surface area contributed by atoms with Crippen LogP contribution in [-0.4, -0.2) is 52.9 Å². The summed E-state index contributed by atoms with van der Waals surface area (Å²) in [4.78, 5) is 33.6. The molecule has 0 bridgehead atoms. The predicted octanol–water partition coefficient (Wildman–Crippen LogP) is 5.95. The van der Waals surface area contributed by atoms with Gasteiger partial charge in [0.05, 0.1) is 17.6 Å². The minimum Gasteiger partial charge on any atom is -0.338 e. The zero-order valence-electron chi connectivity index (χ0n) is 20.3. The van der Waals surface area contributed by atoms with E-state index in [4.69, 9.17) is 0 Å². The van der Waals surface area contributed by atoms with Gasteiger partial charge in [-0.3, -0.25) is 9.78 Å². The van der Waals surface area contributed by atoms with Crippen LogP contribution in [0.15, 0.2) is 79.0 Å². The summed E-state index contributed by atoms with van der Waals surface area (Å²) in [7, 11) is 1.73. The van der Waals surface area contributed by atoms with E-state index in [1.165, 1.54) is 18.3 Å². The van der Waals surface area contributed by atoms with E-state index < -0.39 is 11.6 Å². The number of urea groups is 1. The Morgan fingerprint density at radius 1 is 0.919 bits per heavy atom. The fourth-order valence-corrected chi connectivity index (χ4v) is 4.68. The third-order valence-electron chi connectivity index (χ3n) is 6.79. The number of hydrogen-bond acceptors (Lipinski definition) is 3. The predicted molar refractivity (Wildman–Crippen MR) is 139 cm³/mol. The zero-order valence-corrected chi connectivity index (χ0v) is 20.3. The molecule has 1 saturated heterocycles. The Hall–Kier alpha value is -4.33. The molecule has 0 saturated carbocycles. The number of benzene rings is 3. The minimum atomic E-state index is -0.680. The number of carbonyl (C=O) groups excluding carboxylic acids is 2. The van der Waals surface area contributed by atoms with E-state index in [0.29, 0.717) is 48.4 Å². The van der Waals surface area contributed by atoms with Crippen molar-refractivity contribution in [2.24, 2.45) is 0 Å². The molecule has 0 atom stereocenters. The van der Waals surface area contributed by atoms with Gasteiger partial charge < -0.3 is 15.1 Å². The zero-order chi connectivity index (χ0) is 25.9. The quantitative estimate of drug-likeness (QED) is 0.377. The normalized spacial score (nSPS) is 14.0. The minimum absolute atomic E-state index is 0.000602. The van der Waals surface area contributed by atoms with Crippen LogP contribution in [0.4, 0.5) is 19.3 Å². The molecule has 1 aromatic heterocycles. The SMILES string of the molecule is CN(C(=O)Nc1ccc(-c2cc(F)cc(F)c2)nc1)C1CCN(C(=O)c2ccc3ccccc3c2)CC1. The summed E-state index contributed by atoms with van der Waals surface area (Å²) in [5, 5.41) is 4.94. The highest BCUT2D eigenvalue weighted by atomic mass is 19.1. The van der Waals surface area contributed by atoms with E-state index in [0.717, 1.165) is 16.8 Å². The second-order valence-corrected chi connectivity index (χ2v) is 9.22. The molecule has 1 N–H and O–H groups in total. The smallest absolute Gasteiger partial charge is 0.321 e. The highest BCUT2D eigenvalue weighted by molar-refractivity contribution is 5.98. The molecule has 0 unspecified atom stereocenters. The van der Waals surface area contributed by atoms with Gasteiger partial charge in [0.15, 0.2) is 0 Å². The molecule has 1 fully saturated rings. The summed E-state index contributed by atoms with van der Waals surface area (Å²) in [5.41, 5.74) is 1.85. The van der Waals surface area contributed by atoms with Gasteiger partial charge in [-0.05, 0) is 60.0 Å². The van der Waals surface area contributed by atoms with Crippen molar-refractivity contribution in [3.63, 3.8) is 0 Å². The number of nitrogens with one attached hydrogen (secondary N) is 1. The molecule has 8 heteroatoms. The van der Waals surface area contributed by atoms with E-state index in [2.05, 4.69) is 10.3 Å². The Balaban J connectivity index is 1.16. The molecule has 3 aromatic carbocycles. The summed E-state index contributed by atoms with van der Waals surface area (Å²) in [6.07, 6.45) is 2.80. The van der Waals surface area contributed by atoms with Gasteiger partial charge in [-0.15, -0.1) is 0 Å². The lowest BCUT2D eigenvalue weighted by Gasteiger charge is -2.36. The summed E-state index contributed by atoms with van der Waals surface area (Å²) < 4.78 is 27.0. The number of aromatic nitrogens is 1. The number of hydrogen-bond donors (Lipinski definition) is 1. The molecule has 4 aromatic rings. The number of nitrogens with zero attached hydrogens (tertiary/aromatic N) is 3. The standard InChI is InChI=1S/C29H26F2N4O2/c1-34(29(37)33-25-8-9-27(32-18-25)22-15-23(30)17-24(31)16-22)26-10-12-35(13-11-26)28(36)21-7-6-19-4-2-3-5-20(19)14-21/h2-9,14-18,26H,10-13H2,1H3,(H,33,37). The number of piperidine rings is 1. The van der Waals surface area contributed by atoms with E-state index >= 15 is 0 Å². The van der Waals surface area contributed by atoms with Crippen LogP contribution in [0.5, 0.6) is 0 Å². The molecule has 1 aliphatic heterocycles. The van der Waals surface area contributed by atoms with E-state index in [9.17, 15) is 18.4 Å². The van der Waals surface area contributed by atoms with Crippen LogP contribution in [0, 0.1) is 11.6 Å². The summed E-state index contributed by atoms with van der Waals surface area (Å²) >= 11 is 0. The first-order valence-corrected chi connectivity index (χ1v) is 12.1. The maximum atomic E-state index is 13.5. The first-order chi connectivity index (χ1) is 17.9. The number of likely N-dealkylation sites (tertiary alicyclic amines) is 1. The summed E-state index contributed by atoms with van der Waals surface area (Å²) in [6.45, 7) is 1.13. The maximum Gasteiger partial charge on any atom is 0.321 e. The van der Waals surface area contributed by atoms with Gasteiger partial charge in [0.1, 0.15) is 11.6 Å². The van der Waals surface area contributed by atoms with Crippen LogP contribution in [0.1, 0.15) is 23.2 Å². The lowest BCUT2D eigenvalue weighted by atomic mass is 10.0. The van der Waals surface area contributed by atoms with Crippen LogP contribution >= 0.6 is 0 Å². The molecule has 0 aliphatic carbocycles. The van der Waals surface area contributed by atoms with Crippen molar-refractivity contribution in [2.75, 3.05) is 25.5 Å². The third kappa shape index (κ3) is 5.43. The molecular weight excluding hydrogens is 474 g/mol. The van der Waals surface area contributed by atoms with Crippen molar-refractivity contribution in [1.82, 2.24) is 14.8 Å². The Morgan fingerprint density at radius 3 is 2.30 bits per heavy atom. The van der Waals surface area contributed by atoms with Gasteiger partial charge >= 0.3 is 6.03 Å². The lowest BCUT2D eigenvalue weighted by molar-refractivity contribution is 0.0671. The Kier molecular flexibility index (Phi) is 6.81. The molecule has 37 heavy (non-hydrogen) atoms. The monoisotopic (exact) mass is 500 g/mol. The summed E-state index contributed by atoms with van der Waals surface area (Å²) in [5.74, 6) is -1.36. The Labute approximate surface area is 213 Å². The van der Waals surface area contributed by atoms with Gasteiger partial charge in [0.25, 0.3) is 5.91 Å². The van der Waals surface area contributed by atoms with Gasteiger partial charge in [-0.1, -0.05) is 30.3 Å². The third-order valence-corrected chi connectivity index (χ3v) is 6.79. The second kappa shape index (κ2) is 10.3. The molecule has 1 aliphatic rings. The van der Waals surface area contributed by atoms with Gasteiger partial charge in [-0.25, -0.2) is 13.6 Å². The van der Waals surface area contributed by atoms with Crippen molar-refractivity contribution in [3.05, 3.63) is 96.2 Å². The molecule has 0 spiro atoms. The van der Waals surface area contributed by atoms with Crippen molar-refractivity contribution in [2.45, 2.75) is 18.9 Å². The van der Waals surface area contributed by atoms with Crippen LogP contribution in [0.3, 0.4) is 0 Å². The fraction of sp³-hybridized carbons (Fsp3) is 0.207. The molecular formula is C29H26F2N4O2. The van der Waals surface area contributed by atoms with E-state index in [1.807, 2.05) is 47.4 Å². The fourth-order valence-electron chi connectivity index (χ4n) is 4.68. The van der Waals surface area contributed by atoms with Crippen molar-refractivity contribution in [3.8, 4) is 11.3 Å². The van der Waals surface area contributed by atoms with E-state index in [-0.39, 0.29) is 18.0 Å². The number of halogens is 2. The second-order valence-electron chi connectivity index (χ2n) is 9.22. The van der Waals surface area contributed by atoms with Crippen LogP contribution in [0.25, 0.3) is 22.0 Å². The van der Waals surface area contributed by atoms with Crippen LogP contribution in [0.2, 0.25) is 0 Å². The first kappa shape index (κ1) is 24.4. The van der Waals surface area contributed by atoms with Crippen LogP contribution in [-0.2, 0) is 0 Å². The molecule has 5 rings (SSSR count). The largest absolute Gasteiger partial charge is 0.338 e. The van der Waals surface area contributed by atoms with Gasteiger partial charge in [0.2, 0.25) is 0 Å². The number of anilines is 1. The number of pyridine rings is 1. The van der Waals surface area contributed by atoms with Gasteiger partial charge in [-0.2, -0.15) is 0 Å². The van der Waals surface area contributed by atoms with Crippen molar-refractivity contribution < 1.29 is 18.4 Å². The maximum absolute atomic E-state index is 13.5. The number of rotatable bonds is 4. The topological polar surface area (TPSA) is 65.5 Å². The lowest BCUT2D eigenvalue weighted by Crippen LogP contribution is -2.48. The Bertz CT molecular complexity index is 1430. The molecule has 188 valence electrons. The highest BCUT2D eigenvalue weighted by Crippen LogP contribution is 2.23. The first-order valence-electron chi connectivity index (χ1n) is 12.1. The molecule has 0 radical (unpaired) electrons. The average molecular weight is 501 g/mol. The number of amides is 3.